The van der Waals surface area contributed by atoms with Crippen molar-refractivity contribution in [3.63, 3.8) is 0 Å². The van der Waals surface area contributed by atoms with E-state index < -0.39 is 0 Å². The van der Waals surface area contributed by atoms with E-state index in [4.69, 9.17) is 13.9 Å². The predicted octanol–water partition coefficient (Wildman–Crippen LogP) is 3.51. The molecule has 0 bridgehead atoms. The smallest absolute Gasteiger partial charge is 0.229 e. The number of ether oxygens (including phenoxy) is 2. The van der Waals surface area contributed by atoms with Gasteiger partial charge in [-0.1, -0.05) is 17.8 Å². The molecule has 1 amide bonds. The molecular weight excluding hydrogens is 390 g/mol. The summed E-state index contributed by atoms with van der Waals surface area (Å²) in [7, 11) is 3.17. The van der Waals surface area contributed by atoms with Crippen LogP contribution in [-0.2, 0) is 11.3 Å². The minimum atomic E-state index is -0.330. The predicted molar refractivity (Wildman–Crippen MR) is 108 cm³/mol. The zero-order chi connectivity index (χ0) is 20.4. The van der Waals surface area contributed by atoms with Crippen LogP contribution in [0.3, 0.4) is 0 Å². The van der Waals surface area contributed by atoms with Gasteiger partial charge >= 0.3 is 0 Å². The minimum absolute atomic E-state index is 0.00137. The first-order chi connectivity index (χ1) is 14.1. The van der Waals surface area contributed by atoms with Crippen LogP contribution in [0.5, 0.6) is 11.5 Å². The zero-order valence-electron chi connectivity index (χ0n) is 16.3. The van der Waals surface area contributed by atoms with Gasteiger partial charge in [-0.25, -0.2) is 0 Å². The molecule has 4 rings (SSSR count). The van der Waals surface area contributed by atoms with Crippen LogP contribution < -0.4 is 9.47 Å². The van der Waals surface area contributed by atoms with Crippen LogP contribution in [0, 0.1) is 11.3 Å². The maximum atomic E-state index is 13.0. The molecule has 0 radical (unpaired) electrons. The van der Waals surface area contributed by atoms with Crippen molar-refractivity contribution in [1.82, 2.24) is 9.80 Å². The molecule has 0 spiro atoms. The molecule has 1 unspecified atom stereocenters. The number of carbonyl (C=O) groups excluding carboxylic acids is 1. The number of hydrogen-bond donors (Lipinski definition) is 0. The van der Waals surface area contributed by atoms with Crippen molar-refractivity contribution in [2.24, 2.45) is 0 Å². The number of thioether (sulfide) groups is 1. The van der Waals surface area contributed by atoms with E-state index in [1.807, 2.05) is 24.3 Å². The fourth-order valence-electron chi connectivity index (χ4n) is 3.70. The first-order valence-corrected chi connectivity index (χ1v) is 10.2. The Morgan fingerprint density at radius 1 is 1.31 bits per heavy atom. The van der Waals surface area contributed by atoms with Crippen molar-refractivity contribution >= 4 is 17.7 Å². The summed E-state index contributed by atoms with van der Waals surface area (Å²) in [5, 5.41) is 10.7. The van der Waals surface area contributed by atoms with E-state index in [1.165, 1.54) is 11.8 Å². The molecular formula is C21H21N3O4S. The number of furan rings is 1. The number of rotatable bonds is 5. The first kappa shape index (κ1) is 19.4. The Labute approximate surface area is 173 Å². The standard InChI is InChI=1S/C21H21N3O4S/c1-26-14-5-6-16(19(8-14)27-2)17-9-20(25)24-12-23(11-15-4-3-7-28-15)13-29-21(24)18(17)10-22/h3-8,17H,9,11-13H2,1-2H3. The van der Waals surface area contributed by atoms with Crippen LogP contribution in [0.2, 0.25) is 0 Å². The van der Waals surface area contributed by atoms with E-state index in [2.05, 4.69) is 11.0 Å². The number of amides is 1. The van der Waals surface area contributed by atoms with Gasteiger partial charge in [0.05, 0.1) is 56.2 Å². The SMILES string of the molecule is COc1ccc(C2CC(=O)N3CN(Cc4ccco4)CSC3=C2C#N)c(OC)c1. The maximum Gasteiger partial charge on any atom is 0.229 e. The van der Waals surface area contributed by atoms with Crippen molar-refractivity contribution in [2.75, 3.05) is 26.8 Å². The molecule has 1 aromatic carbocycles. The second kappa shape index (κ2) is 8.23. The molecule has 2 aliphatic rings. The number of hydrogen-bond acceptors (Lipinski definition) is 7. The summed E-state index contributed by atoms with van der Waals surface area (Å²) in [6.45, 7) is 1.06. The lowest BCUT2D eigenvalue weighted by molar-refractivity contribution is -0.132. The number of benzene rings is 1. The number of carbonyl (C=O) groups is 1. The van der Waals surface area contributed by atoms with Crippen LogP contribution in [0.25, 0.3) is 0 Å². The van der Waals surface area contributed by atoms with Gasteiger partial charge in [0.15, 0.2) is 0 Å². The third kappa shape index (κ3) is 3.71. The molecule has 0 aliphatic carbocycles. The number of nitriles is 1. The summed E-state index contributed by atoms with van der Waals surface area (Å²) in [6, 6.07) is 11.6. The van der Waals surface area contributed by atoms with Gasteiger partial charge in [-0.15, -0.1) is 0 Å². The van der Waals surface area contributed by atoms with Crippen molar-refractivity contribution in [1.29, 1.82) is 5.26 Å². The highest BCUT2D eigenvalue weighted by Gasteiger charge is 2.39. The molecule has 1 saturated heterocycles. The third-order valence-electron chi connectivity index (χ3n) is 5.13. The third-order valence-corrected chi connectivity index (χ3v) is 6.33. The Kier molecular flexibility index (Phi) is 5.51. The largest absolute Gasteiger partial charge is 0.497 e. The summed E-state index contributed by atoms with van der Waals surface area (Å²) in [6.07, 6.45) is 1.87. The highest BCUT2D eigenvalue weighted by atomic mass is 32.2. The molecule has 3 heterocycles. The lowest BCUT2D eigenvalue weighted by Crippen LogP contribution is -2.46. The molecule has 1 atom stereocenters. The Morgan fingerprint density at radius 2 is 2.17 bits per heavy atom. The molecule has 1 fully saturated rings. The van der Waals surface area contributed by atoms with E-state index in [9.17, 15) is 10.1 Å². The van der Waals surface area contributed by atoms with Crippen molar-refractivity contribution in [2.45, 2.75) is 18.9 Å². The Bertz CT molecular complexity index is 980. The van der Waals surface area contributed by atoms with Gasteiger partial charge in [-0.3, -0.25) is 14.6 Å². The molecule has 0 saturated carbocycles. The van der Waals surface area contributed by atoms with Gasteiger partial charge in [-0.05, 0) is 18.2 Å². The van der Waals surface area contributed by atoms with Crippen LogP contribution in [0.15, 0.2) is 51.6 Å². The maximum absolute atomic E-state index is 13.0. The van der Waals surface area contributed by atoms with Crippen LogP contribution in [0.1, 0.15) is 23.7 Å². The fourth-order valence-corrected chi connectivity index (χ4v) is 4.84. The Balaban J connectivity index is 1.64. The van der Waals surface area contributed by atoms with Crippen molar-refractivity contribution in [3.8, 4) is 17.6 Å². The molecule has 1 aromatic heterocycles. The average molecular weight is 411 g/mol. The highest BCUT2D eigenvalue weighted by Crippen LogP contribution is 2.45. The Hall–Kier alpha value is -2.89. The molecule has 2 aliphatic heterocycles. The van der Waals surface area contributed by atoms with Gasteiger partial charge in [0, 0.05) is 24.0 Å². The van der Waals surface area contributed by atoms with Gasteiger partial charge in [0.25, 0.3) is 0 Å². The minimum Gasteiger partial charge on any atom is -0.497 e. The lowest BCUT2D eigenvalue weighted by Gasteiger charge is -2.41. The quantitative estimate of drug-likeness (QED) is 0.745. The van der Waals surface area contributed by atoms with Crippen LogP contribution in [0.4, 0.5) is 0 Å². The van der Waals surface area contributed by atoms with Crippen molar-refractivity contribution in [3.05, 3.63) is 58.5 Å². The van der Waals surface area contributed by atoms with E-state index in [1.54, 1.807) is 31.4 Å². The van der Waals surface area contributed by atoms with Crippen molar-refractivity contribution < 1.29 is 18.7 Å². The second-order valence-electron chi connectivity index (χ2n) is 6.84. The van der Waals surface area contributed by atoms with E-state index in [0.717, 1.165) is 16.4 Å². The summed E-state index contributed by atoms with van der Waals surface area (Å²) >= 11 is 1.51. The van der Waals surface area contributed by atoms with Gasteiger partial charge in [0.2, 0.25) is 5.91 Å². The van der Waals surface area contributed by atoms with E-state index in [-0.39, 0.29) is 18.2 Å². The van der Waals surface area contributed by atoms with E-state index in [0.29, 0.717) is 36.2 Å². The molecule has 2 aromatic rings. The lowest BCUT2D eigenvalue weighted by atomic mass is 9.86. The first-order valence-electron chi connectivity index (χ1n) is 9.18. The highest BCUT2D eigenvalue weighted by molar-refractivity contribution is 8.03. The average Bonchev–Trinajstić information content (AvgIpc) is 3.26. The Morgan fingerprint density at radius 3 is 2.86 bits per heavy atom. The molecule has 8 heteroatoms. The molecule has 0 N–H and O–H groups in total. The summed E-state index contributed by atoms with van der Waals surface area (Å²) in [5.74, 6) is 2.48. The summed E-state index contributed by atoms with van der Waals surface area (Å²) in [4.78, 5) is 16.8. The van der Waals surface area contributed by atoms with Crippen LogP contribution in [-0.4, -0.2) is 42.5 Å². The fraction of sp³-hybridized carbons (Fsp3) is 0.333. The molecule has 150 valence electrons. The monoisotopic (exact) mass is 411 g/mol. The zero-order valence-corrected chi connectivity index (χ0v) is 17.1. The normalized spacial score (nSPS) is 19.7. The number of methoxy groups -OCH3 is 2. The number of fused-ring (bicyclic) bond motifs is 1. The summed E-state index contributed by atoms with van der Waals surface area (Å²) in [5.41, 5.74) is 1.43. The topological polar surface area (TPSA) is 78.9 Å². The van der Waals surface area contributed by atoms with Crippen LogP contribution >= 0.6 is 11.8 Å². The van der Waals surface area contributed by atoms with Gasteiger partial charge < -0.3 is 13.9 Å². The number of allylic oxidation sites excluding steroid dienone is 1. The second-order valence-corrected chi connectivity index (χ2v) is 7.77. The number of nitrogens with zero attached hydrogens (tertiary/aromatic N) is 3. The molecule has 7 nitrogen and oxygen atoms in total. The summed E-state index contributed by atoms with van der Waals surface area (Å²) < 4.78 is 16.2. The molecule has 29 heavy (non-hydrogen) atoms. The van der Waals surface area contributed by atoms with E-state index >= 15 is 0 Å². The van der Waals surface area contributed by atoms with Gasteiger partial charge in [0.1, 0.15) is 17.3 Å². The van der Waals surface area contributed by atoms with Gasteiger partial charge in [-0.2, -0.15) is 5.26 Å².